The van der Waals surface area contributed by atoms with Gasteiger partial charge in [0, 0.05) is 9.95 Å². The molecule has 0 spiro atoms. The Bertz CT molecular complexity index is 340. The lowest BCUT2D eigenvalue weighted by Gasteiger charge is -1.90. The predicted molar refractivity (Wildman–Crippen MR) is 47.8 cm³/mol. The molecule has 1 aromatic rings. The van der Waals surface area contributed by atoms with Crippen molar-refractivity contribution in [3.05, 3.63) is 39.4 Å². The van der Waals surface area contributed by atoms with Crippen molar-refractivity contribution in [2.75, 3.05) is 6.67 Å². The van der Waals surface area contributed by atoms with E-state index in [-0.39, 0.29) is 0 Å². The van der Waals surface area contributed by atoms with Crippen molar-refractivity contribution >= 4 is 17.3 Å². The Morgan fingerprint density at radius 3 is 2.92 bits per heavy atom. The fourth-order valence-electron chi connectivity index (χ4n) is 0.703. The molecule has 1 aromatic carbocycles. The Morgan fingerprint density at radius 1 is 1.54 bits per heavy atom. The van der Waals surface area contributed by atoms with Crippen molar-refractivity contribution in [1.82, 2.24) is 0 Å². The van der Waals surface area contributed by atoms with E-state index in [1.807, 2.05) is 0 Å². The SMILES string of the molecule is O=[N+]([O-])CN=Nc1cccc(Cl)c1. The summed E-state index contributed by atoms with van der Waals surface area (Å²) in [4.78, 5) is 9.32. The zero-order valence-corrected chi connectivity index (χ0v) is 7.31. The minimum Gasteiger partial charge on any atom is -0.262 e. The van der Waals surface area contributed by atoms with Crippen LogP contribution in [-0.4, -0.2) is 11.6 Å². The van der Waals surface area contributed by atoms with Crippen LogP contribution in [0.1, 0.15) is 0 Å². The van der Waals surface area contributed by atoms with Crippen LogP contribution in [0.2, 0.25) is 5.02 Å². The van der Waals surface area contributed by atoms with Crippen LogP contribution in [0.3, 0.4) is 0 Å². The largest absolute Gasteiger partial charge is 0.312 e. The van der Waals surface area contributed by atoms with E-state index in [1.54, 1.807) is 24.3 Å². The normalized spacial score (nSPS) is 10.5. The van der Waals surface area contributed by atoms with E-state index < -0.39 is 11.6 Å². The summed E-state index contributed by atoms with van der Waals surface area (Å²) in [5.41, 5.74) is 0.509. The maximum atomic E-state index is 9.88. The Morgan fingerprint density at radius 2 is 2.31 bits per heavy atom. The molecule has 68 valence electrons. The number of halogens is 1. The summed E-state index contributed by atoms with van der Waals surface area (Å²) in [7, 11) is 0. The van der Waals surface area contributed by atoms with E-state index in [2.05, 4.69) is 10.2 Å². The van der Waals surface area contributed by atoms with Crippen molar-refractivity contribution in [3.63, 3.8) is 0 Å². The van der Waals surface area contributed by atoms with Gasteiger partial charge in [0.15, 0.2) is 0 Å². The van der Waals surface area contributed by atoms with Gasteiger partial charge in [-0.2, -0.15) is 0 Å². The van der Waals surface area contributed by atoms with Crippen LogP contribution >= 0.6 is 11.6 Å². The third kappa shape index (κ3) is 3.62. The summed E-state index contributed by atoms with van der Waals surface area (Å²) in [6, 6.07) is 6.62. The van der Waals surface area contributed by atoms with Crippen molar-refractivity contribution in [2.45, 2.75) is 0 Å². The predicted octanol–water partition coefficient (Wildman–Crippen LogP) is 2.66. The number of rotatable bonds is 3. The Labute approximate surface area is 79.2 Å². The van der Waals surface area contributed by atoms with E-state index in [0.29, 0.717) is 10.7 Å². The third-order valence-corrected chi connectivity index (χ3v) is 1.41. The van der Waals surface area contributed by atoms with Gasteiger partial charge in [-0.05, 0) is 18.2 Å². The summed E-state index contributed by atoms with van der Waals surface area (Å²) >= 11 is 5.65. The molecule has 0 atom stereocenters. The molecule has 0 saturated heterocycles. The fraction of sp³-hybridized carbons (Fsp3) is 0.143. The summed E-state index contributed by atoms with van der Waals surface area (Å²) in [5, 5.41) is 17.4. The third-order valence-electron chi connectivity index (χ3n) is 1.17. The number of nitrogens with zero attached hydrogens (tertiary/aromatic N) is 3. The number of azo groups is 1. The number of hydrogen-bond acceptors (Lipinski definition) is 4. The summed E-state index contributed by atoms with van der Waals surface area (Å²) in [5.74, 6) is 0. The molecule has 0 saturated carbocycles. The van der Waals surface area contributed by atoms with Gasteiger partial charge in [0.05, 0.1) is 5.69 Å². The molecule has 0 heterocycles. The summed E-state index contributed by atoms with van der Waals surface area (Å²) in [6.07, 6.45) is 0. The van der Waals surface area contributed by atoms with Gasteiger partial charge in [-0.25, -0.2) is 0 Å². The summed E-state index contributed by atoms with van der Waals surface area (Å²) < 4.78 is 0. The lowest BCUT2D eigenvalue weighted by molar-refractivity contribution is -0.478. The van der Waals surface area contributed by atoms with Gasteiger partial charge in [0.1, 0.15) is 0 Å². The number of hydrogen-bond donors (Lipinski definition) is 0. The van der Waals surface area contributed by atoms with E-state index in [9.17, 15) is 10.1 Å². The monoisotopic (exact) mass is 199 g/mol. The van der Waals surface area contributed by atoms with Gasteiger partial charge in [0.25, 0.3) is 0 Å². The van der Waals surface area contributed by atoms with E-state index in [4.69, 9.17) is 11.6 Å². The van der Waals surface area contributed by atoms with Crippen LogP contribution in [0.5, 0.6) is 0 Å². The van der Waals surface area contributed by atoms with Crippen molar-refractivity contribution in [2.24, 2.45) is 10.2 Å². The molecule has 0 aromatic heterocycles. The molecular formula is C7H6ClN3O2. The lowest BCUT2D eigenvalue weighted by Crippen LogP contribution is -1.94. The van der Waals surface area contributed by atoms with Crippen molar-refractivity contribution in [1.29, 1.82) is 0 Å². The van der Waals surface area contributed by atoms with Gasteiger partial charge < -0.3 is 0 Å². The van der Waals surface area contributed by atoms with Crippen LogP contribution in [0.25, 0.3) is 0 Å². The first-order chi connectivity index (χ1) is 6.18. The molecule has 13 heavy (non-hydrogen) atoms. The highest BCUT2D eigenvalue weighted by molar-refractivity contribution is 6.30. The molecule has 0 fully saturated rings. The topological polar surface area (TPSA) is 67.9 Å². The van der Waals surface area contributed by atoms with Crippen molar-refractivity contribution in [3.8, 4) is 0 Å². The first-order valence-electron chi connectivity index (χ1n) is 3.43. The highest BCUT2D eigenvalue weighted by atomic mass is 35.5. The van der Waals surface area contributed by atoms with Crippen LogP contribution in [0.15, 0.2) is 34.5 Å². The van der Waals surface area contributed by atoms with Crippen LogP contribution in [-0.2, 0) is 0 Å². The first-order valence-corrected chi connectivity index (χ1v) is 3.81. The van der Waals surface area contributed by atoms with Crippen molar-refractivity contribution < 1.29 is 4.92 Å². The Kier molecular flexibility index (Phi) is 3.33. The molecule has 5 nitrogen and oxygen atoms in total. The maximum absolute atomic E-state index is 9.88. The van der Waals surface area contributed by atoms with E-state index in [0.717, 1.165) is 0 Å². The second kappa shape index (κ2) is 4.51. The lowest BCUT2D eigenvalue weighted by atomic mass is 10.3. The van der Waals surface area contributed by atoms with Crippen LogP contribution in [0, 0.1) is 10.1 Å². The van der Waals surface area contributed by atoms with E-state index >= 15 is 0 Å². The average Bonchev–Trinajstić information content (AvgIpc) is 2.03. The minimum absolute atomic E-state index is 0.509. The number of nitro groups is 1. The summed E-state index contributed by atoms with van der Waals surface area (Å²) in [6.45, 7) is -0.521. The molecule has 0 aliphatic rings. The van der Waals surface area contributed by atoms with Crippen LogP contribution in [0.4, 0.5) is 5.69 Å². The Hall–Kier alpha value is -1.49. The van der Waals surface area contributed by atoms with E-state index in [1.165, 1.54) is 0 Å². The number of benzene rings is 1. The maximum Gasteiger partial charge on any atom is 0.312 e. The molecule has 1 rings (SSSR count). The molecule has 0 amide bonds. The minimum atomic E-state index is -0.561. The van der Waals surface area contributed by atoms with Gasteiger partial charge in [-0.3, -0.25) is 10.1 Å². The fourth-order valence-corrected chi connectivity index (χ4v) is 0.888. The standard InChI is InChI=1S/C7H6ClN3O2/c8-6-2-1-3-7(4-6)10-9-5-11(12)13/h1-4H,5H2. The van der Waals surface area contributed by atoms with Crippen LogP contribution < -0.4 is 0 Å². The van der Waals surface area contributed by atoms with Gasteiger partial charge in [-0.15, -0.1) is 10.2 Å². The van der Waals surface area contributed by atoms with Gasteiger partial charge in [-0.1, -0.05) is 17.7 Å². The second-order valence-electron chi connectivity index (χ2n) is 2.20. The smallest absolute Gasteiger partial charge is 0.262 e. The molecule has 0 aliphatic carbocycles. The molecule has 0 N–H and O–H groups in total. The molecule has 6 heteroatoms. The molecular weight excluding hydrogens is 194 g/mol. The Balaban J connectivity index is 2.63. The van der Waals surface area contributed by atoms with Gasteiger partial charge >= 0.3 is 6.67 Å². The quantitative estimate of drug-likeness (QED) is 0.427. The molecule has 0 radical (unpaired) electrons. The highest BCUT2D eigenvalue weighted by Crippen LogP contribution is 2.17. The molecule has 0 aliphatic heterocycles. The zero-order valence-electron chi connectivity index (χ0n) is 6.55. The van der Waals surface area contributed by atoms with Gasteiger partial charge in [0.2, 0.25) is 0 Å². The highest BCUT2D eigenvalue weighted by Gasteiger charge is 1.92. The average molecular weight is 200 g/mol. The second-order valence-corrected chi connectivity index (χ2v) is 2.63. The molecule has 0 bridgehead atoms. The zero-order chi connectivity index (χ0) is 9.68. The molecule has 0 unspecified atom stereocenters. The first kappa shape index (κ1) is 9.60.